The molecule has 0 radical (unpaired) electrons. The van der Waals surface area contributed by atoms with Gasteiger partial charge in [0.2, 0.25) is 0 Å². The number of hydrogen-bond donors (Lipinski definition) is 1. The van der Waals surface area contributed by atoms with E-state index in [2.05, 4.69) is 20.8 Å². The highest BCUT2D eigenvalue weighted by molar-refractivity contribution is 5.71. The van der Waals surface area contributed by atoms with Gasteiger partial charge in [0.25, 0.3) is 0 Å². The molecule has 9 nitrogen and oxygen atoms in total. The number of rotatable bonds is 53. The van der Waals surface area contributed by atoms with Crippen LogP contribution < -0.4 is 0 Å². The van der Waals surface area contributed by atoms with Crippen molar-refractivity contribution in [1.29, 1.82) is 0 Å². The van der Waals surface area contributed by atoms with Crippen molar-refractivity contribution in [2.45, 2.75) is 360 Å². The van der Waals surface area contributed by atoms with Crippen LogP contribution in [0.15, 0.2) is 0 Å². The number of methoxy groups -OCH3 is 1. The lowest BCUT2D eigenvalue weighted by Gasteiger charge is -2.43. The lowest BCUT2D eigenvalue weighted by Crippen LogP contribution is -2.62. The van der Waals surface area contributed by atoms with Crippen LogP contribution in [0, 0.1) is 0 Å². The summed E-state index contributed by atoms with van der Waals surface area (Å²) in [4.78, 5) is 40.3. The number of esters is 3. The lowest BCUT2D eigenvalue weighted by atomic mass is 9.97. The van der Waals surface area contributed by atoms with E-state index in [1.54, 1.807) is 0 Å². The molecule has 1 N–H and O–H groups in total. The fraction of sp³-hybridized carbons (Fsp3) is 0.951. The summed E-state index contributed by atoms with van der Waals surface area (Å²) in [6.45, 7) is 6.32. The summed E-state index contributed by atoms with van der Waals surface area (Å²) in [5, 5.41) is 10.5. The molecule has 0 aromatic rings. The summed E-state index contributed by atoms with van der Waals surface area (Å²) >= 11 is 0. The molecule has 0 aromatic heterocycles. The van der Waals surface area contributed by atoms with Crippen molar-refractivity contribution in [2.75, 3.05) is 13.7 Å². The summed E-state index contributed by atoms with van der Waals surface area (Å²) in [6, 6.07) is 0. The molecule has 1 aliphatic rings. The van der Waals surface area contributed by atoms with Crippen LogP contribution in [-0.4, -0.2) is 67.4 Å². The number of aliphatic hydroxyl groups excluding tert-OH is 1. The SMILES string of the molecule is CCCCCCCCCCCCCCCCCC(=O)OC1C(CO)OC(OC)C(OC(=O)CCCCCCCCCCCCCCCCC)C1OC(=O)CCCCCCCCCCCCCCCCC. The first-order chi connectivity index (χ1) is 34.4. The quantitative estimate of drug-likeness (QED) is 0.0361. The zero-order valence-corrected chi connectivity index (χ0v) is 46.7. The maximum Gasteiger partial charge on any atom is 0.306 e. The number of carbonyl (C=O) groups excluding carboxylic acids is 3. The Morgan fingerprint density at radius 1 is 0.329 bits per heavy atom. The van der Waals surface area contributed by atoms with Gasteiger partial charge < -0.3 is 28.8 Å². The first kappa shape index (κ1) is 66.3. The predicted octanol–water partition coefficient (Wildman–Crippen LogP) is 17.9. The lowest BCUT2D eigenvalue weighted by molar-refractivity contribution is -0.303. The highest BCUT2D eigenvalue weighted by Crippen LogP contribution is 2.31. The number of unbranched alkanes of at least 4 members (excludes halogenated alkanes) is 42. The molecule has 0 bridgehead atoms. The minimum atomic E-state index is -1.17. The zero-order chi connectivity index (χ0) is 50.8. The Morgan fingerprint density at radius 2 is 0.543 bits per heavy atom. The molecular weight excluding hydrogens is 877 g/mol. The van der Waals surface area contributed by atoms with E-state index in [1.807, 2.05) is 0 Å². The topological polar surface area (TPSA) is 118 Å². The fourth-order valence-electron chi connectivity index (χ4n) is 10.2. The van der Waals surface area contributed by atoms with E-state index >= 15 is 0 Å². The molecule has 0 aliphatic carbocycles. The zero-order valence-electron chi connectivity index (χ0n) is 46.7. The Hall–Kier alpha value is -1.71. The second kappa shape index (κ2) is 50.8. The van der Waals surface area contributed by atoms with Crippen molar-refractivity contribution in [3.8, 4) is 0 Å². The van der Waals surface area contributed by atoms with Crippen molar-refractivity contribution >= 4 is 17.9 Å². The van der Waals surface area contributed by atoms with Gasteiger partial charge >= 0.3 is 17.9 Å². The van der Waals surface area contributed by atoms with Crippen molar-refractivity contribution < 1.29 is 43.2 Å². The normalized spacial score (nSPS) is 18.0. The van der Waals surface area contributed by atoms with Crippen LogP contribution in [0.4, 0.5) is 0 Å². The third-order valence-corrected chi connectivity index (χ3v) is 14.8. The Morgan fingerprint density at radius 3 is 0.771 bits per heavy atom. The van der Waals surface area contributed by atoms with Crippen molar-refractivity contribution in [3.63, 3.8) is 0 Å². The van der Waals surface area contributed by atoms with Crippen LogP contribution in [0.1, 0.15) is 329 Å². The molecule has 1 saturated heterocycles. The molecule has 9 heteroatoms. The van der Waals surface area contributed by atoms with Gasteiger partial charge in [-0.2, -0.15) is 0 Å². The van der Waals surface area contributed by atoms with Crippen molar-refractivity contribution in [3.05, 3.63) is 0 Å². The van der Waals surface area contributed by atoms with Gasteiger partial charge in [-0.1, -0.05) is 290 Å². The van der Waals surface area contributed by atoms with Crippen LogP contribution >= 0.6 is 0 Å². The monoisotopic (exact) mass is 993 g/mol. The van der Waals surface area contributed by atoms with Gasteiger partial charge in [-0.05, 0) is 19.3 Å². The summed E-state index contributed by atoms with van der Waals surface area (Å²) < 4.78 is 29.8. The third-order valence-electron chi connectivity index (χ3n) is 14.8. The minimum Gasteiger partial charge on any atom is -0.455 e. The number of ether oxygens (including phenoxy) is 5. The van der Waals surface area contributed by atoms with E-state index < -0.39 is 55.2 Å². The minimum absolute atomic E-state index is 0.205. The molecule has 1 fully saturated rings. The van der Waals surface area contributed by atoms with Gasteiger partial charge in [-0.25, -0.2) is 0 Å². The predicted molar refractivity (Wildman–Crippen MR) is 291 cm³/mol. The molecule has 414 valence electrons. The van der Waals surface area contributed by atoms with Crippen LogP contribution in [0.5, 0.6) is 0 Å². The van der Waals surface area contributed by atoms with Gasteiger partial charge in [0.15, 0.2) is 24.6 Å². The standard InChI is InChI=1S/C61H116O9/c1-5-8-11-14-17-20-23-26-29-32-35-38-41-44-47-50-55(63)68-58-54(53-62)67-61(66-4)60(70-57(65)52-49-46-43-40-37-34-31-28-25-22-19-16-13-10-7-3)59(58)69-56(64)51-48-45-42-39-36-33-30-27-24-21-18-15-12-9-6-2/h54,58-62H,5-53H2,1-4H3. The van der Waals surface area contributed by atoms with Crippen LogP contribution in [0.2, 0.25) is 0 Å². The molecule has 1 heterocycles. The van der Waals surface area contributed by atoms with Crippen LogP contribution in [0.3, 0.4) is 0 Å². The van der Waals surface area contributed by atoms with Crippen molar-refractivity contribution in [2.24, 2.45) is 0 Å². The van der Waals surface area contributed by atoms with Gasteiger partial charge in [-0.15, -0.1) is 0 Å². The molecular formula is C61H116O9. The molecule has 5 atom stereocenters. The first-order valence-corrected chi connectivity index (χ1v) is 30.8. The van der Waals surface area contributed by atoms with E-state index in [4.69, 9.17) is 23.7 Å². The summed E-state index contributed by atoms with van der Waals surface area (Å²) in [5.41, 5.74) is 0. The molecule has 0 spiro atoms. The number of carbonyl (C=O) groups is 3. The Balaban J connectivity index is 2.63. The van der Waals surface area contributed by atoms with Gasteiger partial charge in [0.05, 0.1) is 6.61 Å². The Kier molecular flexibility index (Phi) is 48.1. The number of hydrogen-bond acceptors (Lipinski definition) is 9. The van der Waals surface area contributed by atoms with E-state index in [9.17, 15) is 19.5 Å². The number of aliphatic hydroxyl groups is 1. The van der Waals surface area contributed by atoms with Crippen molar-refractivity contribution in [1.82, 2.24) is 0 Å². The molecule has 0 amide bonds. The molecule has 1 rings (SSSR count). The summed E-state index contributed by atoms with van der Waals surface area (Å²) in [6.07, 6.45) is 50.7. The highest BCUT2D eigenvalue weighted by atomic mass is 16.7. The van der Waals surface area contributed by atoms with Crippen LogP contribution in [-0.2, 0) is 38.1 Å². The van der Waals surface area contributed by atoms with E-state index in [0.717, 1.165) is 51.4 Å². The summed E-state index contributed by atoms with van der Waals surface area (Å²) in [5.74, 6) is -1.32. The average molecular weight is 994 g/mol. The van der Waals surface area contributed by atoms with E-state index in [1.165, 1.54) is 225 Å². The molecule has 70 heavy (non-hydrogen) atoms. The largest absolute Gasteiger partial charge is 0.455 e. The first-order valence-electron chi connectivity index (χ1n) is 30.8. The van der Waals surface area contributed by atoms with E-state index in [-0.39, 0.29) is 19.3 Å². The molecule has 0 saturated carbocycles. The maximum atomic E-state index is 13.5. The maximum absolute atomic E-state index is 13.5. The van der Waals surface area contributed by atoms with Gasteiger partial charge in [-0.3, -0.25) is 14.4 Å². The third kappa shape index (κ3) is 38.8. The van der Waals surface area contributed by atoms with Crippen LogP contribution in [0.25, 0.3) is 0 Å². The molecule has 1 aliphatic heterocycles. The summed E-state index contributed by atoms with van der Waals surface area (Å²) in [7, 11) is 1.44. The average Bonchev–Trinajstić information content (AvgIpc) is 3.36. The van der Waals surface area contributed by atoms with Gasteiger partial charge in [0.1, 0.15) is 6.10 Å². The smallest absolute Gasteiger partial charge is 0.306 e. The molecule has 0 aromatic carbocycles. The van der Waals surface area contributed by atoms with Gasteiger partial charge in [0, 0.05) is 26.4 Å². The van der Waals surface area contributed by atoms with E-state index in [0.29, 0.717) is 19.3 Å². The fourth-order valence-corrected chi connectivity index (χ4v) is 10.2. The second-order valence-corrected chi connectivity index (χ2v) is 21.4. The Bertz CT molecular complexity index is 1090. The highest BCUT2D eigenvalue weighted by Gasteiger charge is 2.52. The molecule has 5 unspecified atom stereocenters. The second-order valence-electron chi connectivity index (χ2n) is 21.4. The Labute approximate surface area is 432 Å².